The van der Waals surface area contributed by atoms with E-state index >= 15 is 0 Å². The molecule has 0 atom stereocenters. The fraction of sp³-hybridized carbons (Fsp3) is 0.312. The van der Waals surface area contributed by atoms with Gasteiger partial charge in [-0.25, -0.2) is 4.79 Å². The Morgan fingerprint density at radius 3 is 2.25 bits per heavy atom. The first-order valence-electron chi connectivity index (χ1n) is 13.7. The zero-order valence-corrected chi connectivity index (χ0v) is 23.9. The van der Waals surface area contributed by atoms with E-state index in [1.54, 1.807) is 11.3 Å². The summed E-state index contributed by atoms with van der Waals surface area (Å²) in [5.74, 6) is -0.567. The molecule has 8 heteroatoms. The van der Waals surface area contributed by atoms with Crippen molar-refractivity contribution in [3.8, 4) is 21.8 Å². The Morgan fingerprint density at radius 1 is 0.925 bits per heavy atom. The fourth-order valence-electron chi connectivity index (χ4n) is 6.17. The van der Waals surface area contributed by atoms with Crippen molar-refractivity contribution in [1.82, 2.24) is 19.8 Å². The van der Waals surface area contributed by atoms with E-state index in [9.17, 15) is 9.90 Å². The number of anilines is 1. The Labute approximate surface area is 236 Å². The smallest absolute Gasteiger partial charge is 0.357 e. The van der Waals surface area contributed by atoms with Crippen LogP contribution in [-0.4, -0.2) is 44.0 Å². The molecule has 0 amide bonds. The molecule has 5 heterocycles. The van der Waals surface area contributed by atoms with Gasteiger partial charge >= 0.3 is 5.97 Å². The molecule has 0 saturated heterocycles. The van der Waals surface area contributed by atoms with Gasteiger partial charge < -0.3 is 10.0 Å². The molecule has 7 nitrogen and oxygen atoms in total. The Bertz CT molecular complexity index is 1810. The third-order valence-corrected chi connectivity index (χ3v) is 9.75. The first-order valence-corrected chi connectivity index (χ1v) is 14.5. The number of hydrogen-bond acceptors (Lipinski definition) is 6. The molecule has 7 rings (SSSR count). The standard InChI is InChI=1S/C32H31N5O2S/c1-31(2)12-14-36-15-13-32(3,4)24-17-20(16-23(31)27(24)36)25-11-10-21(40-25)18-22-26(30(38)39)35-37-28(33-34-29(22)37)19-8-6-5-7-9-19/h5-11,16-18H,12-15H2,1-4H3,(H,38,39)/b22-18-. The van der Waals surface area contributed by atoms with E-state index in [1.807, 2.05) is 36.4 Å². The Balaban J connectivity index is 1.35. The van der Waals surface area contributed by atoms with Crippen LogP contribution in [0.5, 0.6) is 0 Å². The molecule has 0 saturated carbocycles. The number of benzene rings is 2. The Morgan fingerprint density at radius 2 is 1.60 bits per heavy atom. The summed E-state index contributed by atoms with van der Waals surface area (Å²) in [6.07, 6.45) is 4.17. The summed E-state index contributed by atoms with van der Waals surface area (Å²) < 4.78 is 1.53. The molecular weight excluding hydrogens is 518 g/mol. The van der Waals surface area contributed by atoms with Gasteiger partial charge in [0.05, 0.1) is 5.22 Å². The van der Waals surface area contributed by atoms with Crippen LogP contribution in [0.1, 0.15) is 67.0 Å². The minimum atomic E-state index is -1.09. The van der Waals surface area contributed by atoms with Crippen LogP contribution in [0.2, 0.25) is 0 Å². The molecule has 0 radical (unpaired) electrons. The highest BCUT2D eigenvalue weighted by atomic mass is 32.1. The summed E-state index contributed by atoms with van der Waals surface area (Å²) >= 11 is 1.66. The quantitative estimate of drug-likeness (QED) is 0.299. The number of thiophene rings is 1. The van der Waals surface area contributed by atoms with Crippen LogP contribution >= 0.6 is 11.3 Å². The maximum absolute atomic E-state index is 12.2. The largest absolute Gasteiger partial charge is 0.476 e. The van der Waals surface area contributed by atoms with Crippen molar-refractivity contribution in [1.29, 1.82) is 0 Å². The molecule has 1 N–H and O–H groups in total. The third kappa shape index (κ3) is 3.84. The lowest BCUT2D eigenvalue weighted by Gasteiger charge is -2.48. The van der Waals surface area contributed by atoms with Crippen LogP contribution in [0.4, 0.5) is 5.69 Å². The number of nitrogens with zero attached hydrogens (tertiary/aromatic N) is 5. The number of aromatic carboxylic acids is 1. The molecular formula is C32H31N5O2S. The lowest BCUT2D eigenvalue weighted by Crippen LogP contribution is -2.44. The molecule has 202 valence electrons. The van der Waals surface area contributed by atoms with Crippen molar-refractivity contribution in [3.05, 3.63) is 81.5 Å². The van der Waals surface area contributed by atoms with Crippen molar-refractivity contribution in [2.24, 2.45) is 0 Å². The second-order valence-corrected chi connectivity index (χ2v) is 13.3. The lowest BCUT2D eigenvalue weighted by atomic mass is 9.69. The summed E-state index contributed by atoms with van der Waals surface area (Å²) in [6, 6.07) is 18.5. The van der Waals surface area contributed by atoms with E-state index in [4.69, 9.17) is 0 Å². The number of carboxylic acids is 1. The van der Waals surface area contributed by atoms with Crippen molar-refractivity contribution >= 4 is 34.7 Å². The SMILES string of the molecule is CC1(C)CCN2CCC(C)(C)c3cc(-c4ccc(/C=c5/c(C(=O)O)nn6c(-c7ccccc7)nnc56)s4)cc1c32. The predicted molar refractivity (Wildman–Crippen MR) is 159 cm³/mol. The first kappa shape index (κ1) is 25.0. The zero-order chi connectivity index (χ0) is 27.8. The Hall–Kier alpha value is -4.04. The highest BCUT2D eigenvalue weighted by Gasteiger charge is 2.40. The molecule has 0 unspecified atom stereocenters. The molecule has 2 aromatic carbocycles. The van der Waals surface area contributed by atoms with Gasteiger partial charge in [0.25, 0.3) is 0 Å². The number of fused-ring (bicyclic) bond motifs is 1. The van der Waals surface area contributed by atoms with E-state index < -0.39 is 5.97 Å². The summed E-state index contributed by atoms with van der Waals surface area (Å²) in [4.78, 5) is 16.9. The maximum atomic E-state index is 12.2. The van der Waals surface area contributed by atoms with E-state index in [0.29, 0.717) is 16.7 Å². The van der Waals surface area contributed by atoms with Gasteiger partial charge in [0, 0.05) is 34.1 Å². The minimum Gasteiger partial charge on any atom is -0.476 e. The number of rotatable bonds is 4. The van der Waals surface area contributed by atoms with Gasteiger partial charge in [-0.05, 0) is 70.7 Å². The number of carbonyl (C=O) groups is 1. The van der Waals surface area contributed by atoms with E-state index in [-0.39, 0.29) is 16.5 Å². The molecule has 0 bridgehead atoms. The predicted octanol–water partition coefficient (Wildman–Crippen LogP) is 5.93. The zero-order valence-electron chi connectivity index (χ0n) is 23.1. The second kappa shape index (κ2) is 8.73. The van der Waals surface area contributed by atoms with Crippen LogP contribution in [-0.2, 0) is 10.8 Å². The van der Waals surface area contributed by atoms with Crippen molar-refractivity contribution in [2.75, 3.05) is 18.0 Å². The van der Waals surface area contributed by atoms with Gasteiger partial charge in [0.15, 0.2) is 17.2 Å². The normalized spacial score (nSPS) is 17.8. The van der Waals surface area contributed by atoms with E-state index in [0.717, 1.165) is 36.4 Å². The first-order chi connectivity index (χ1) is 19.1. The molecule has 5 aromatic rings. The highest BCUT2D eigenvalue weighted by Crippen LogP contribution is 2.50. The van der Waals surface area contributed by atoms with Crippen LogP contribution in [0, 0.1) is 0 Å². The lowest BCUT2D eigenvalue weighted by molar-refractivity contribution is 0.0689. The van der Waals surface area contributed by atoms with Crippen LogP contribution in [0.25, 0.3) is 33.6 Å². The molecule has 2 aliphatic heterocycles. The van der Waals surface area contributed by atoms with Gasteiger partial charge in [-0.15, -0.1) is 21.5 Å². The monoisotopic (exact) mass is 549 g/mol. The average Bonchev–Trinajstić information content (AvgIpc) is 3.65. The summed E-state index contributed by atoms with van der Waals surface area (Å²) in [7, 11) is 0. The van der Waals surface area contributed by atoms with Gasteiger partial charge in [-0.2, -0.15) is 9.61 Å². The van der Waals surface area contributed by atoms with E-state index in [2.05, 4.69) is 72.2 Å². The summed E-state index contributed by atoms with van der Waals surface area (Å²) in [5.41, 5.74) is 7.00. The molecule has 2 aliphatic rings. The van der Waals surface area contributed by atoms with Crippen molar-refractivity contribution < 1.29 is 9.90 Å². The summed E-state index contributed by atoms with van der Waals surface area (Å²) in [5, 5.41) is 23.5. The maximum Gasteiger partial charge on any atom is 0.357 e. The number of aromatic nitrogens is 4. The van der Waals surface area contributed by atoms with Crippen molar-refractivity contribution in [2.45, 2.75) is 51.4 Å². The average molecular weight is 550 g/mol. The molecule has 40 heavy (non-hydrogen) atoms. The van der Waals surface area contributed by atoms with Gasteiger partial charge in [-0.1, -0.05) is 58.0 Å². The van der Waals surface area contributed by atoms with Crippen molar-refractivity contribution in [3.63, 3.8) is 0 Å². The second-order valence-electron chi connectivity index (χ2n) is 12.2. The molecule has 0 spiro atoms. The van der Waals surface area contributed by atoms with Crippen LogP contribution in [0.15, 0.2) is 54.6 Å². The summed E-state index contributed by atoms with van der Waals surface area (Å²) in [6.45, 7) is 11.7. The number of hydrogen-bond donors (Lipinski definition) is 1. The van der Waals surface area contributed by atoms with Crippen LogP contribution in [0.3, 0.4) is 0 Å². The molecule has 0 fully saturated rings. The van der Waals surface area contributed by atoms with Gasteiger partial charge in [0.2, 0.25) is 0 Å². The van der Waals surface area contributed by atoms with Gasteiger partial charge in [0.1, 0.15) is 0 Å². The van der Waals surface area contributed by atoms with Gasteiger partial charge in [-0.3, -0.25) is 0 Å². The minimum absolute atomic E-state index is 0.0289. The molecule has 0 aliphatic carbocycles. The molecule has 3 aromatic heterocycles. The third-order valence-electron chi connectivity index (χ3n) is 8.67. The van der Waals surface area contributed by atoms with Crippen LogP contribution < -0.4 is 10.1 Å². The number of carboxylic acid groups (broad SMARTS) is 1. The van der Waals surface area contributed by atoms with E-state index in [1.165, 1.54) is 31.8 Å². The fourth-order valence-corrected chi connectivity index (χ4v) is 7.11. The topological polar surface area (TPSA) is 83.6 Å². The Kier molecular flexibility index (Phi) is 5.45. The highest BCUT2D eigenvalue weighted by molar-refractivity contribution is 7.16.